The first-order chi connectivity index (χ1) is 34.5. The van der Waals surface area contributed by atoms with E-state index in [4.69, 9.17) is 9.47 Å². The van der Waals surface area contributed by atoms with Crippen LogP contribution >= 0.6 is 0 Å². The van der Waals surface area contributed by atoms with E-state index in [2.05, 4.69) is 23.3 Å². The molecule has 0 bridgehead atoms. The fourth-order valence-electron chi connectivity index (χ4n) is 8.99. The van der Waals surface area contributed by atoms with Gasteiger partial charge in [-0.1, -0.05) is 75.2 Å². The van der Waals surface area contributed by atoms with E-state index in [1.165, 1.54) is 0 Å². The fraction of sp³-hybridized carbons (Fsp3) is 0.357. The van der Waals surface area contributed by atoms with Crippen molar-refractivity contribution in [2.45, 2.75) is 104 Å². The molecule has 8 rings (SSSR count). The van der Waals surface area contributed by atoms with Gasteiger partial charge >= 0.3 is 12.2 Å². The molecule has 2 fully saturated rings. The molecular weight excluding hydrogens is 984 g/mol. The van der Waals surface area contributed by atoms with Gasteiger partial charge in [0.25, 0.3) is 0 Å². The Hall–Kier alpha value is -6.07. The highest BCUT2D eigenvalue weighted by Gasteiger charge is 2.43. The van der Waals surface area contributed by atoms with E-state index in [9.17, 15) is 57.1 Å². The molecule has 6 aromatic rings. The van der Waals surface area contributed by atoms with E-state index < -0.39 is 98.3 Å². The van der Waals surface area contributed by atoms with Gasteiger partial charge in [-0.05, 0) is 122 Å². The van der Waals surface area contributed by atoms with Gasteiger partial charge in [-0.3, -0.25) is 0 Å². The number of ether oxygens (including phenoxy) is 4. The molecule has 0 amide bonds. The maximum absolute atomic E-state index is 14.8. The van der Waals surface area contributed by atoms with Crippen molar-refractivity contribution in [3.63, 3.8) is 0 Å². The number of hydrogen-bond donors (Lipinski definition) is 0. The van der Waals surface area contributed by atoms with Gasteiger partial charge in [0.2, 0.25) is 0 Å². The van der Waals surface area contributed by atoms with Crippen molar-refractivity contribution < 1.29 is 76.0 Å². The Morgan fingerprint density at radius 1 is 0.452 bits per heavy atom. The van der Waals surface area contributed by atoms with Crippen molar-refractivity contribution in [3.8, 4) is 33.8 Å². The largest absolute Gasteiger partial charge is 0.432 e. The molecule has 0 saturated carbocycles. The summed E-state index contributed by atoms with van der Waals surface area (Å²) in [4.78, 5) is 0. The van der Waals surface area contributed by atoms with Crippen molar-refractivity contribution in [2.75, 3.05) is 13.2 Å². The normalized spacial score (nSPS) is 18.3. The van der Waals surface area contributed by atoms with E-state index in [-0.39, 0.29) is 35.0 Å². The smallest absolute Gasteiger partial charge is 0.428 e. The SMILES string of the molecule is CCC1CCC(c2ccc(-c3cc(F)c(C(F)(F)Oc4cc(F)c(F)c(F)c4C)c(F)c3)cc2)OC1.CCCC1CCC(c2ccc(-c3cc(F)c(C(F)(F)Oc4cc(F)c(C)c(F)c4C)c(F)c3)cc2)OC1. The second-order valence-electron chi connectivity index (χ2n) is 18.4. The molecule has 17 heteroatoms. The lowest BCUT2D eigenvalue weighted by Crippen LogP contribution is -2.26. The average Bonchev–Trinajstić information content (AvgIpc) is 3.36. The molecular formula is C56H51F13O4. The van der Waals surface area contributed by atoms with E-state index >= 15 is 0 Å². The second-order valence-corrected chi connectivity index (χ2v) is 18.4. The summed E-state index contributed by atoms with van der Waals surface area (Å²) in [7, 11) is 0. The molecule has 2 saturated heterocycles. The maximum Gasteiger partial charge on any atom is 0.432 e. The lowest BCUT2D eigenvalue weighted by molar-refractivity contribution is -0.190. The first kappa shape index (κ1) is 54.7. The summed E-state index contributed by atoms with van der Waals surface area (Å²) in [6.45, 7) is 8.71. The molecule has 2 aliphatic heterocycles. The topological polar surface area (TPSA) is 36.9 Å². The molecule has 0 N–H and O–H groups in total. The van der Waals surface area contributed by atoms with E-state index in [0.717, 1.165) is 89.0 Å². The van der Waals surface area contributed by atoms with Crippen molar-refractivity contribution in [3.05, 3.63) is 176 Å². The summed E-state index contributed by atoms with van der Waals surface area (Å²) < 4.78 is 207. The molecule has 4 nitrogen and oxygen atoms in total. The van der Waals surface area contributed by atoms with Crippen LogP contribution < -0.4 is 9.47 Å². The molecule has 390 valence electrons. The number of alkyl halides is 4. The Bertz CT molecular complexity index is 2860. The summed E-state index contributed by atoms with van der Waals surface area (Å²) in [5.41, 5.74) is -2.25. The van der Waals surface area contributed by atoms with Crippen LogP contribution in [0.2, 0.25) is 0 Å². The predicted octanol–water partition coefficient (Wildman–Crippen LogP) is 17.3. The zero-order chi connectivity index (χ0) is 53.1. The van der Waals surface area contributed by atoms with E-state index in [0.29, 0.717) is 54.4 Å². The lowest BCUT2D eigenvalue weighted by atomic mass is 9.91. The van der Waals surface area contributed by atoms with Gasteiger partial charge in [0.05, 0.1) is 25.4 Å². The zero-order valence-electron chi connectivity index (χ0n) is 40.3. The highest BCUT2D eigenvalue weighted by atomic mass is 19.3. The van der Waals surface area contributed by atoms with Crippen LogP contribution in [0, 0.1) is 85.0 Å². The minimum atomic E-state index is -4.65. The van der Waals surface area contributed by atoms with Crippen LogP contribution in [0.1, 0.15) is 110 Å². The molecule has 2 aliphatic rings. The maximum atomic E-state index is 14.8. The molecule has 4 unspecified atom stereocenters. The van der Waals surface area contributed by atoms with Gasteiger partial charge in [0, 0.05) is 28.8 Å². The van der Waals surface area contributed by atoms with Gasteiger partial charge in [-0.15, -0.1) is 0 Å². The van der Waals surface area contributed by atoms with Gasteiger partial charge < -0.3 is 18.9 Å². The van der Waals surface area contributed by atoms with Crippen LogP contribution in [-0.4, -0.2) is 13.2 Å². The quantitative estimate of drug-likeness (QED) is 0.0853. The van der Waals surface area contributed by atoms with Crippen LogP contribution in [0.4, 0.5) is 57.1 Å². The monoisotopic (exact) mass is 1030 g/mol. The molecule has 6 aromatic carbocycles. The van der Waals surface area contributed by atoms with Gasteiger partial charge in [-0.2, -0.15) is 17.6 Å². The van der Waals surface area contributed by atoms with Crippen molar-refractivity contribution in [2.24, 2.45) is 11.8 Å². The highest BCUT2D eigenvalue weighted by molar-refractivity contribution is 5.66. The zero-order valence-corrected chi connectivity index (χ0v) is 40.3. The van der Waals surface area contributed by atoms with Crippen molar-refractivity contribution in [1.29, 1.82) is 0 Å². The molecule has 4 atom stereocenters. The van der Waals surface area contributed by atoms with Crippen molar-refractivity contribution in [1.82, 2.24) is 0 Å². The Kier molecular flexibility index (Phi) is 16.9. The fourth-order valence-corrected chi connectivity index (χ4v) is 8.99. The van der Waals surface area contributed by atoms with Crippen LogP contribution in [0.3, 0.4) is 0 Å². The number of hydrogen-bond acceptors (Lipinski definition) is 4. The first-order valence-electron chi connectivity index (χ1n) is 23.7. The Balaban J connectivity index is 0.000000214. The van der Waals surface area contributed by atoms with Crippen LogP contribution in [0.25, 0.3) is 22.3 Å². The summed E-state index contributed by atoms with van der Waals surface area (Å²) >= 11 is 0. The third kappa shape index (κ3) is 12.1. The minimum absolute atomic E-state index is 0.00163. The van der Waals surface area contributed by atoms with Crippen LogP contribution in [-0.2, 0) is 21.7 Å². The van der Waals surface area contributed by atoms with Gasteiger partial charge in [-0.25, -0.2) is 39.5 Å². The van der Waals surface area contributed by atoms with E-state index in [1.807, 2.05) is 0 Å². The molecule has 0 radical (unpaired) electrons. The van der Waals surface area contributed by atoms with Crippen LogP contribution in [0.15, 0.2) is 84.9 Å². The summed E-state index contributed by atoms with van der Waals surface area (Å²) in [6.07, 6.45) is -2.20. The molecule has 0 spiro atoms. The molecule has 0 aliphatic carbocycles. The van der Waals surface area contributed by atoms with E-state index in [1.54, 1.807) is 48.5 Å². The lowest BCUT2D eigenvalue weighted by Gasteiger charge is -2.29. The average molecular weight is 1030 g/mol. The number of rotatable bonds is 13. The number of benzene rings is 6. The molecule has 73 heavy (non-hydrogen) atoms. The molecule has 0 aromatic heterocycles. The summed E-state index contributed by atoms with van der Waals surface area (Å²) in [5, 5.41) is 0. The second kappa shape index (κ2) is 22.6. The first-order valence-corrected chi connectivity index (χ1v) is 23.7. The summed E-state index contributed by atoms with van der Waals surface area (Å²) in [5.74, 6) is -14.8. The standard InChI is InChI=1S/C29H28F6O2.C27H23F7O2/c1-4-5-18-6-11-25(36-15-18)20-9-7-19(8-10-20)21-12-23(31)27(24(32)13-21)29(34,35)37-26-14-22(30)16(2)28(33)17(26)3;1-3-15-4-9-22(35-13-15)17-7-5-16(6-8-17)18-10-19(28)24(20(29)11-18)27(33,34)36-23-12-21(30)26(32)25(31)14(23)2/h7-10,12-14,18,25H,4-6,11,15H2,1-3H3;5-8,10-12,15,22H,3-4,9,13H2,1-2H3. The van der Waals surface area contributed by atoms with Crippen molar-refractivity contribution >= 4 is 0 Å². The minimum Gasteiger partial charge on any atom is -0.428 e. The third-order valence-electron chi connectivity index (χ3n) is 13.4. The van der Waals surface area contributed by atoms with Gasteiger partial charge in [0.1, 0.15) is 57.5 Å². The highest BCUT2D eigenvalue weighted by Crippen LogP contribution is 2.42. The Morgan fingerprint density at radius 3 is 1.23 bits per heavy atom. The Labute approximate surface area is 414 Å². The van der Waals surface area contributed by atoms with Crippen LogP contribution in [0.5, 0.6) is 11.5 Å². The third-order valence-corrected chi connectivity index (χ3v) is 13.4. The predicted molar refractivity (Wildman–Crippen MR) is 248 cm³/mol. The molecule has 2 heterocycles. The van der Waals surface area contributed by atoms with Gasteiger partial charge in [0.15, 0.2) is 17.5 Å². The summed E-state index contributed by atoms with van der Waals surface area (Å²) in [6, 6.07) is 17.4. The number of halogens is 13. The Morgan fingerprint density at radius 2 is 0.849 bits per heavy atom.